The Balaban J connectivity index is 3.34. The van der Waals surface area contributed by atoms with Gasteiger partial charge in [-0.1, -0.05) is 103 Å². The van der Waals surface area contributed by atoms with Gasteiger partial charge in [0, 0.05) is 6.54 Å². The average molecular weight is 386 g/mol. The van der Waals surface area contributed by atoms with Crippen molar-refractivity contribution in [2.45, 2.75) is 116 Å². The summed E-state index contributed by atoms with van der Waals surface area (Å²) in [7, 11) is 3.93. The summed E-state index contributed by atoms with van der Waals surface area (Å²) in [4.78, 5) is 13.2. The molecular weight excluding hydrogens is 338 g/mol. The smallest absolute Gasteiger partial charge is 0.332 e. The number of aliphatic carboxylic acids is 1. The van der Waals surface area contributed by atoms with E-state index in [1.165, 1.54) is 83.5 Å². The molecule has 0 amide bonds. The highest BCUT2D eigenvalue weighted by molar-refractivity contribution is 5.72. The van der Waals surface area contributed by atoms with Gasteiger partial charge in [-0.15, -0.1) is 0 Å². The van der Waals surface area contributed by atoms with Gasteiger partial charge in [0.05, 0.1) is 6.61 Å². The van der Waals surface area contributed by atoms with Crippen LogP contribution < -0.4 is 0 Å². The van der Waals surface area contributed by atoms with Crippen molar-refractivity contribution in [2.75, 3.05) is 27.2 Å². The molecule has 0 aromatic heterocycles. The Kier molecular flexibility index (Phi) is 19.7. The van der Waals surface area contributed by atoms with Crippen LogP contribution in [0.15, 0.2) is 0 Å². The van der Waals surface area contributed by atoms with E-state index < -0.39 is 12.1 Å². The molecular formula is C23H47NO3. The minimum atomic E-state index is -0.820. The van der Waals surface area contributed by atoms with Crippen molar-refractivity contribution in [3.8, 4) is 0 Å². The topological polar surface area (TPSA) is 49.8 Å². The number of carboxylic acids is 1. The Morgan fingerprint density at radius 2 is 1.19 bits per heavy atom. The Bertz CT molecular complexity index is 321. The molecule has 0 heterocycles. The first-order chi connectivity index (χ1) is 13.1. The van der Waals surface area contributed by atoms with Crippen LogP contribution in [0.2, 0.25) is 0 Å². The Morgan fingerprint density at radius 1 is 0.778 bits per heavy atom. The van der Waals surface area contributed by atoms with Gasteiger partial charge in [-0.05, 0) is 20.5 Å². The van der Waals surface area contributed by atoms with Crippen LogP contribution in [0.1, 0.15) is 110 Å². The zero-order chi connectivity index (χ0) is 20.2. The molecule has 0 aromatic carbocycles. The summed E-state index contributed by atoms with van der Waals surface area (Å²) in [6.45, 7) is 3.53. The molecule has 1 unspecified atom stereocenters. The minimum Gasteiger partial charge on any atom is -0.479 e. The molecule has 0 saturated heterocycles. The van der Waals surface area contributed by atoms with E-state index in [-0.39, 0.29) is 0 Å². The summed E-state index contributed by atoms with van der Waals surface area (Å²) in [6.07, 6.45) is 19.9. The second-order valence-corrected chi connectivity index (χ2v) is 8.24. The lowest BCUT2D eigenvalue weighted by Gasteiger charge is -2.15. The first-order valence-electron chi connectivity index (χ1n) is 11.6. The molecule has 4 nitrogen and oxygen atoms in total. The predicted molar refractivity (Wildman–Crippen MR) is 115 cm³/mol. The van der Waals surface area contributed by atoms with Crippen LogP contribution in [0.25, 0.3) is 0 Å². The molecule has 0 fully saturated rings. The number of hydrogen-bond donors (Lipinski definition) is 1. The third-order valence-electron chi connectivity index (χ3n) is 5.20. The van der Waals surface area contributed by atoms with Gasteiger partial charge < -0.3 is 14.7 Å². The normalized spacial score (nSPS) is 12.6. The largest absolute Gasteiger partial charge is 0.479 e. The van der Waals surface area contributed by atoms with Crippen LogP contribution in [0.4, 0.5) is 0 Å². The summed E-state index contributed by atoms with van der Waals surface area (Å²) >= 11 is 0. The van der Waals surface area contributed by atoms with Crippen LogP contribution in [0, 0.1) is 0 Å². The van der Waals surface area contributed by atoms with Crippen LogP contribution in [-0.2, 0) is 9.53 Å². The number of nitrogens with zero attached hydrogens (tertiary/aromatic N) is 1. The molecule has 1 N–H and O–H groups in total. The van der Waals surface area contributed by atoms with Crippen LogP contribution in [0.5, 0.6) is 0 Å². The van der Waals surface area contributed by atoms with Gasteiger partial charge in [-0.25, -0.2) is 4.79 Å². The van der Waals surface area contributed by atoms with E-state index in [9.17, 15) is 9.90 Å². The lowest BCUT2D eigenvalue weighted by molar-refractivity contribution is -0.151. The first-order valence-corrected chi connectivity index (χ1v) is 11.6. The molecule has 0 aromatic rings. The van der Waals surface area contributed by atoms with E-state index in [0.717, 1.165) is 19.4 Å². The van der Waals surface area contributed by atoms with Gasteiger partial charge in [0.1, 0.15) is 0 Å². The quantitative estimate of drug-likeness (QED) is 0.236. The maximum Gasteiger partial charge on any atom is 0.332 e. The molecule has 0 aliphatic carbocycles. The van der Waals surface area contributed by atoms with Gasteiger partial charge in [0.2, 0.25) is 0 Å². The molecule has 1 atom stereocenters. The van der Waals surface area contributed by atoms with Gasteiger partial charge in [0.25, 0.3) is 0 Å². The Hall–Kier alpha value is -0.610. The Labute approximate surface area is 169 Å². The minimum absolute atomic E-state index is 0.489. The van der Waals surface area contributed by atoms with Crippen LogP contribution in [0.3, 0.4) is 0 Å². The maximum atomic E-state index is 11.2. The number of likely N-dealkylation sites (N-methyl/N-ethyl adjacent to an activating group) is 1. The summed E-state index contributed by atoms with van der Waals surface area (Å²) in [5, 5.41) is 9.22. The van der Waals surface area contributed by atoms with Gasteiger partial charge in [-0.2, -0.15) is 0 Å². The number of ether oxygens (including phenoxy) is 1. The zero-order valence-electron chi connectivity index (χ0n) is 18.5. The first kappa shape index (κ1) is 26.4. The molecule has 162 valence electrons. The molecule has 0 spiro atoms. The second-order valence-electron chi connectivity index (χ2n) is 8.24. The van der Waals surface area contributed by atoms with Crippen molar-refractivity contribution < 1.29 is 14.6 Å². The van der Waals surface area contributed by atoms with E-state index in [1.54, 1.807) is 0 Å². The Morgan fingerprint density at radius 3 is 1.56 bits per heavy atom. The van der Waals surface area contributed by atoms with E-state index >= 15 is 0 Å². The third kappa shape index (κ3) is 19.9. The van der Waals surface area contributed by atoms with Crippen LogP contribution >= 0.6 is 0 Å². The number of carboxylic acid groups (broad SMARTS) is 1. The lowest BCUT2D eigenvalue weighted by Crippen LogP contribution is -2.28. The molecule has 0 bridgehead atoms. The average Bonchev–Trinajstić information content (AvgIpc) is 2.62. The van der Waals surface area contributed by atoms with Gasteiger partial charge in [-0.3, -0.25) is 0 Å². The number of unbranched alkanes of at least 4 members (excludes halogenated alkanes) is 14. The van der Waals surface area contributed by atoms with Gasteiger partial charge in [0.15, 0.2) is 6.10 Å². The molecule has 0 rings (SSSR count). The van der Waals surface area contributed by atoms with E-state index in [2.05, 4.69) is 6.92 Å². The van der Waals surface area contributed by atoms with E-state index in [4.69, 9.17) is 4.74 Å². The zero-order valence-corrected chi connectivity index (χ0v) is 18.5. The molecule has 27 heavy (non-hydrogen) atoms. The SMILES string of the molecule is CCCCCCCCCCCCCCCCCC(OCCN(C)C)C(=O)O. The number of carbonyl (C=O) groups is 1. The van der Waals surface area contributed by atoms with E-state index in [1.807, 2.05) is 19.0 Å². The fourth-order valence-corrected chi connectivity index (χ4v) is 3.36. The molecule has 4 heteroatoms. The molecule has 0 saturated carbocycles. The summed E-state index contributed by atoms with van der Waals surface area (Å²) in [5.41, 5.74) is 0. The standard InChI is InChI=1S/C23H47NO3/c1-4-5-6-7-8-9-10-11-12-13-14-15-16-17-18-19-22(23(25)26)27-21-20-24(2)3/h22H,4-21H2,1-3H3,(H,25,26). The maximum absolute atomic E-state index is 11.2. The van der Waals surface area contributed by atoms with Crippen molar-refractivity contribution >= 4 is 5.97 Å². The monoisotopic (exact) mass is 385 g/mol. The fraction of sp³-hybridized carbons (Fsp3) is 0.957. The number of rotatable bonds is 21. The molecule has 0 radical (unpaired) electrons. The van der Waals surface area contributed by atoms with Crippen LogP contribution in [-0.4, -0.2) is 49.3 Å². The van der Waals surface area contributed by atoms with Crippen molar-refractivity contribution in [3.05, 3.63) is 0 Å². The lowest BCUT2D eigenvalue weighted by atomic mass is 10.0. The van der Waals surface area contributed by atoms with Gasteiger partial charge >= 0.3 is 5.97 Å². The molecule has 0 aliphatic heterocycles. The second kappa shape index (κ2) is 20.1. The summed E-state index contributed by atoms with van der Waals surface area (Å²) < 4.78 is 5.49. The van der Waals surface area contributed by atoms with Crippen molar-refractivity contribution in [1.29, 1.82) is 0 Å². The highest BCUT2D eigenvalue weighted by Crippen LogP contribution is 2.14. The van der Waals surface area contributed by atoms with E-state index in [0.29, 0.717) is 13.0 Å². The van der Waals surface area contributed by atoms with Crippen molar-refractivity contribution in [2.24, 2.45) is 0 Å². The summed E-state index contributed by atoms with van der Waals surface area (Å²) in [5.74, 6) is -0.820. The van der Waals surface area contributed by atoms with Crippen molar-refractivity contribution in [3.63, 3.8) is 0 Å². The summed E-state index contributed by atoms with van der Waals surface area (Å²) in [6, 6.07) is 0. The molecule has 0 aliphatic rings. The highest BCUT2D eigenvalue weighted by Gasteiger charge is 2.17. The predicted octanol–water partition coefficient (Wildman–Crippen LogP) is 6.28. The highest BCUT2D eigenvalue weighted by atomic mass is 16.5. The van der Waals surface area contributed by atoms with Crippen molar-refractivity contribution in [1.82, 2.24) is 4.90 Å². The fourth-order valence-electron chi connectivity index (χ4n) is 3.36. The third-order valence-corrected chi connectivity index (χ3v) is 5.20. The number of hydrogen-bond acceptors (Lipinski definition) is 3.